The SMILES string of the molecule is C1CNCCN1.c1nn[nH]c2cnnc1-2. The number of fused-ring (bicyclic) bond motifs is 1. The van der Waals surface area contributed by atoms with Crippen molar-refractivity contribution in [3.8, 4) is 11.4 Å². The largest absolute Gasteiger partial charge is 0.314 e. The number of piperazine rings is 1. The van der Waals surface area contributed by atoms with Gasteiger partial charge in [0.1, 0.15) is 11.4 Å². The first-order valence-corrected chi connectivity index (χ1v) is 4.86. The van der Waals surface area contributed by atoms with Crippen LogP contribution in [0.25, 0.3) is 11.4 Å². The lowest BCUT2D eigenvalue weighted by Crippen LogP contribution is -2.39. The maximum atomic E-state index is 3.73. The minimum Gasteiger partial charge on any atom is -0.314 e. The zero-order valence-corrected chi connectivity index (χ0v) is 8.27. The molecule has 3 N–H and O–H groups in total. The van der Waals surface area contributed by atoms with Gasteiger partial charge in [0, 0.05) is 26.2 Å². The lowest BCUT2D eigenvalue weighted by Gasteiger charge is -2.11. The van der Waals surface area contributed by atoms with Gasteiger partial charge in [-0.1, -0.05) is 5.21 Å². The second-order valence-corrected chi connectivity index (χ2v) is 3.10. The van der Waals surface area contributed by atoms with Crippen LogP contribution in [0, 0.1) is 0 Å². The van der Waals surface area contributed by atoms with Gasteiger partial charge in [-0.25, -0.2) is 0 Å². The summed E-state index contributed by atoms with van der Waals surface area (Å²) in [5.41, 5.74) is 1.55. The average molecular weight is 207 g/mol. The van der Waals surface area contributed by atoms with Crippen LogP contribution >= 0.6 is 0 Å². The van der Waals surface area contributed by atoms with Crippen LogP contribution in [0.5, 0.6) is 0 Å². The number of H-pyrrole nitrogens is 1. The third kappa shape index (κ3) is 2.93. The van der Waals surface area contributed by atoms with Gasteiger partial charge in [-0.2, -0.15) is 5.10 Å². The normalized spacial score (nSPS) is 15.7. The van der Waals surface area contributed by atoms with Crippen LogP contribution in [-0.2, 0) is 0 Å². The van der Waals surface area contributed by atoms with Gasteiger partial charge < -0.3 is 10.6 Å². The van der Waals surface area contributed by atoms with Gasteiger partial charge in [0.2, 0.25) is 0 Å². The summed E-state index contributed by atoms with van der Waals surface area (Å²) in [4.78, 5) is 0. The summed E-state index contributed by atoms with van der Waals surface area (Å²) in [6.07, 6.45) is 3.16. The van der Waals surface area contributed by atoms with E-state index in [1.54, 1.807) is 12.4 Å². The highest BCUT2D eigenvalue weighted by Gasteiger charge is 2.02. The Morgan fingerprint density at radius 1 is 0.933 bits per heavy atom. The molecule has 7 nitrogen and oxygen atoms in total. The third-order valence-corrected chi connectivity index (χ3v) is 1.99. The molecule has 0 bridgehead atoms. The second kappa shape index (κ2) is 5.32. The van der Waals surface area contributed by atoms with E-state index >= 15 is 0 Å². The minimum atomic E-state index is 0.741. The van der Waals surface area contributed by atoms with Crippen LogP contribution < -0.4 is 10.6 Å². The standard InChI is InChI=1S/C4H3N5.C4H10N2/c1-4-3(7-5-1)2-6-9-8-4;1-2-6-4-3-5-1/h1-2H,(H,6,8);5-6H,1-4H2. The number of hydrogen-bond donors (Lipinski definition) is 3. The maximum absolute atomic E-state index is 3.73. The van der Waals surface area contributed by atoms with E-state index in [0.29, 0.717) is 0 Å². The van der Waals surface area contributed by atoms with Gasteiger partial charge in [0.15, 0.2) is 0 Å². The molecule has 3 heterocycles. The predicted octanol–water partition coefficient (Wildman–Crippen LogP) is -1.12. The fourth-order valence-electron chi connectivity index (χ4n) is 1.22. The van der Waals surface area contributed by atoms with Gasteiger partial charge in [0.05, 0.1) is 12.4 Å². The van der Waals surface area contributed by atoms with Gasteiger partial charge in [-0.05, 0) is 0 Å². The highest BCUT2D eigenvalue weighted by molar-refractivity contribution is 5.50. The molecule has 0 aliphatic carbocycles. The van der Waals surface area contributed by atoms with E-state index < -0.39 is 0 Å². The van der Waals surface area contributed by atoms with E-state index in [4.69, 9.17) is 0 Å². The molecule has 3 aliphatic heterocycles. The lowest BCUT2D eigenvalue weighted by atomic mass is 10.4. The van der Waals surface area contributed by atoms with E-state index in [1.165, 1.54) is 0 Å². The Balaban J connectivity index is 0.000000124. The minimum absolute atomic E-state index is 0.741. The molecule has 0 aromatic heterocycles. The third-order valence-electron chi connectivity index (χ3n) is 1.99. The van der Waals surface area contributed by atoms with Crippen molar-refractivity contribution in [2.24, 2.45) is 0 Å². The van der Waals surface area contributed by atoms with Crippen LogP contribution in [0.2, 0.25) is 0 Å². The maximum Gasteiger partial charge on any atom is 0.132 e. The Morgan fingerprint density at radius 3 is 2.27 bits per heavy atom. The second-order valence-electron chi connectivity index (χ2n) is 3.10. The van der Waals surface area contributed by atoms with Crippen molar-refractivity contribution in [2.45, 2.75) is 0 Å². The van der Waals surface area contributed by atoms with Crippen molar-refractivity contribution < 1.29 is 0 Å². The number of aromatic amines is 1. The molecule has 0 unspecified atom stereocenters. The van der Waals surface area contributed by atoms with E-state index in [9.17, 15) is 0 Å². The smallest absolute Gasteiger partial charge is 0.132 e. The van der Waals surface area contributed by atoms with Crippen molar-refractivity contribution in [1.82, 2.24) is 36.2 Å². The highest BCUT2D eigenvalue weighted by atomic mass is 15.3. The molecule has 0 saturated carbocycles. The van der Waals surface area contributed by atoms with E-state index in [2.05, 4.69) is 36.2 Å². The molecule has 0 atom stereocenters. The molecule has 80 valence electrons. The zero-order valence-electron chi connectivity index (χ0n) is 8.27. The molecular weight excluding hydrogens is 194 g/mol. The van der Waals surface area contributed by atoms with Crippen LogP contribution in [0.1, 0.15) is 0 Å². The monoisotopic (exact) mass is 207 g/mol. The number of hydrogen-bond acceptors (Lipinski definition) is 6. The number of nitrogens with one attached hydrogen (secondary N) is 3. The summed E-state index contributed by atoms with van der Waals surface area (Å²) in [5, 5.41) is 23.6. The Morgan fingerprint density at radius 2 is 1.67 bits per heavy atom. The fourth-order valence-corrected chi connectivity index (χ4v) is 1.22. The summed E-state index contributed by atoms with van der Waals surface area (Å²) in [6, 6.07) is 0. The lowest BCUT2D eigenvalue weighted by molar-refractivity contribution is 0.534. The molecule has 0 aromatic carbocycles. The van der Waals surface area contributed by atoms with E-state index in [-0.39, 0.29) is 0 Å². The quantitative estimate of drug-likeness (QED) is 0.507. The van der Waals surface area contributed by atoms with Gasteiger partial charge in [-0.3, -0.25) is 5.10 Å². The van der Waals surface area contributed by atoms with E-state index in [0.717, 1.165) is 37.6 Å². The molecule has 0 amide bonds. The first kappa shape index (κ1) is 9.94. The van der Waals surface area contributed by atoms with Gasteiger partial charge in [-0.15, -0.1) is 10.2 Å². The Hall–Kier alpha value is -1.60. The Labute approximate surface area is 87.0 Å². The van der Waals surface area contributed by atoms with Crippen LogP contribution in [0.15, 0.2) is 12.4 Å². The topological polar surface area (TPSA) is 91.4 Å². The fraction of sp³-hybridized carbons (Fsp3) is 0.500. The molecule has 1 saturated heterocycles. The van der Waals surface area contributed by atoms with Gasteiger partial charge in [0.25, 0.3) is 0 Å². The van der Waals surface area contributed by atoms with Crippen LogP contribution in [-0.4, -0.2) is 51.8 Å². The first-order chi connectivity index (χ1) is 7.47. The summed E-state index contributed by atoms with van der Waals surface area (Å²) < 4.78 is 0. The number of rotatable bonds is 0. The highest BCUT2D eigenvalue weighted by Crippen LogP contribution is 2.09. The molecule has 15 heavy (non-hydrogen) atoms. The summed E-state index contributed by atoms with van der Waals surface area (Å²) >= 11 is 0. The number of nitrogens with zero attached hydrogens (tertiary/aromatic N) is 4. The molecule has 0 spiro atoms. The van der Waals surface area contributed by atoms with Gasteiger partial charge >= 0.3 is 0 Å². The molecule has 7 heteroatoms. The molecule has 0 radical (unpaired) electrons. The Kier molecular flexibility index (Phi) is 3.53. The van der Waals surface area contributed by atoms with Crippen molar-refractivity contribution >= 4 is 0 Å². The average Bonchev–Trinajstić information content (AvgIpc) is 2.80. The molecule has 1 fully saturated rings. The Bertz CT molecular complexity index is 317. The van der Waals surface area contributed by atoms with Crippen molar-refractivity contribution in [3.63, 3.8) is 0 Å². The zero-order chi connectivity index (χ0) is 10.3. The van der Waals surface area contributed by atoms with Crippen molar-refractivity contribution in [1.29, 1.82) is 0 Å². The number of aromatic nitrogens is 5. The summed E-state index contributed by atoms with van der Waals surface area (Å²) in [5.74, 6) is 0. The molecular formula is C8H13N7. The van der Waals surface area contributed by atoms with Crippen molar-refractivity contribution in [3.05, 3.63) is 12.4 Å². The predicted molar refractivity (Wildman–Crippen MR) is 54.3 cm³/mol. The first-order valence-electron chi connectivity index (χ1n) is 4.86. The molecule has 0 aromatic rings. The molecule has 3 aliphatic rings. The van der Waals surface area contributed by atoms with E-state index in [1.807, 2.05) is 0 Å². The summed E-state index contributed by atoms with van der Waals surface area (Å²) in [7, 11) is 0. The van der Waals surface area contributed by atoms with Crippen molar-refractivity contribution in [2.75, 3.05) is 26.2 Å². The van der Waals surface area contributed by atoms with Crippen LogP contribution in [0.4, 0.5) is 0 Å². The summed E-state index contributed by atoms with van der Waals surface area (Å²) in [6.45, 7) is 4.56. The molecule has 3 rings (SSSR count). The van der Waals surface area contributed by atoms with Crippen LogP contribution in [0.3, 0.4) is 0 Å².